The van der Waals surface area contributed by atoms with Crippen molar-refractivity contribution in [3.05, 3.63) is 48.2 Å². The summed E-state index contributed by atoms with van der Waals surface area (Å²) in [6.07, 6.45) is 0. The Morgan fingerprint density at radius 1 is 0.947 bits per heavy atom. The van der Waals surface area contributed by atoms with Crippen LogP contribution in [0.15, 0.2) is 52.3 Å². The average molecular weight is 589 g/mol. The topological polar surface area (TPSA) is 242 Å². The van der Waals surface area contributed by atoms with Crippen molar-refractivity contribution in [3.63, 3.8) is 0 Å². The Kier molecular flexibility index (Phi) is 10.3. The van der Waals surface area contributed by atoms with Crippen LogP contribution in [0.25, 0.3) is 0 Å². The number of aromatic nitrogens is 2. The van der Waals surface area contributed by atoms with E-state index in [-0.39, 0.29) is 0 Å². The number of aryl methyl sites for hydroxylation is 1. The molecule has 1 heterocycles. The molecule has 0 saturated heterocycles. The highest BCUT2D eigenvalue weighted by atomic mass is 32.2. The summed E-state index contributed by atoms with van der Waals surface area (Å²) in [5.74, 6) is 1.13. The van der Waals surface area contributed by atoms with Gasteiger partial charge in [0.2, 0.25) is 5.95 Å². The molecule has 2 aromatic carbocycles. The zero-order valence-electron chi connectivity index (χ0n) is 20.6. The molecule has 0 radical (unpaired) electrons. The molecule has 17 heteroatoms. The highest BCUT2D eigenvalue weighted by molar-refractivity contribution is 7.86. The predicted molar refractivity (Wildman–Crippen MR) is 146 cm³/mol. The zero-order chi connectivity index (χ0) is 28.8. The van der Waals surface area contributed by atoms with Gasteiger partial charge in [-0.05, 0) is 57.2 Å². The van der Waals surface area contributed by atoms with E-state index in [1.54, 1.807) is 18.2 Å². The first-order valence-electron chi connectivity index (χ1n) is 10.9. The third-order valence-electron chi connectivity index (χ3n) is 5.07. The number of nitrogen functional groups attached to an aromatic ring is 2. The van der Waals surface area contributed by atoms with Crippen LogP contribution in [0.2, 0.25) is 0 Å². The van der Waals surface area contributed by atoms with Crippen molar-refractivity contribution in [2.75, 3.05) is 34.8 Å². The molecule has 208 valence electrons. The first-order chi connectivity index (χ1) is 17.6. The first kappa shape index (κ1) is 31.1. The molecule has 3 rings (SSSR count). The van der Waals surface area contributed by atoms with Crippen molar-refractivity contribution in [1.82, 2.24) is 9.97 Å². The number of hydrogen-bond acceptors (Lipinski definition) is 12. The van der Waals surface area contributed by atoms with Crippen molar-refractivity contribution >= 4 is 62.7 Å². The fourth-order valence-corrected chi connectivity index (χ4v) is 4.66. The largest absolute Gasteiger partial charge is 0.398 e. The minimum absolute atomic E-state index is 0.457. The maximum absolute atomic E-state index is 10.7. The fraction of sp³-hybridized carbons (Fsp3) is 0.238. The number of rotatable bonds is 8. The summed E-state index contributed by atoms with van der Waals surface area (Å²) in [7, 11) is -11.1. The second-order valence-corrected chi connectivity index (χ2v) is 11.6. The Hall–Kier alpha value is -3.11. The standard InChI is InChI=1S/C15H22N5O2P.C6H7NO6S2/c1-4-20(5-2)15-17-10(3)13(16)14(19-15)18-11-7-6-8-12(9-11)23(21)22;7-5-3-4(14(8,9)10)1-2-6(5)15(11,12)13/h6-9,21-22H,4-5,16H2,1-3H3,(H,17,18,19);1-3H,7H2,(H,8,9,10)(H,11,12,13). The van der Waals surface area contributed by atoms with Crippen LogP contribution in [-0.2, 0) is 20.2 Å². The van der Waals surface area contributed by atoms with Gasteiger partial charge in [-0.25, -0.2) is 4.98 Å². The fourth-order valence-electron chi connectivity index (χ4n) is 3.08. The minimum Gasteiger partial charge on any atom is -0.398 e. The highest BCUT2D eigenvalue weighted by Gasteiger charge is 2.18. The molecule has 0 bridgehead atoms. The van der Waals surface area contributed by atoms with Crippen molar-refractivity contribution < 1.29 is 35.7 Å². The van der Waals surface area contributed by atoms with Gasteiger partial charge in [0, 0.05) is 24.1 Å². The second kappa shape index (κ2) is 12.6. The number of nitrogens with one attached hydrogen (secondary N) is 1. The molecule has 0 aliphatic rings. The van der Waals surface area contributed by atoms with Crippen LogP contribution in [0.5, 0.6) is 0 Å². The molecule has 14 nitrogen and oxygen atoms in total. The molecular formula is C21H29N6O8PS2. The van der Waals surface area contributed by atoms with Crippen LogP contribution in [0.3, 0.4) is 0 Å². The van der Waals surface area contributed by atoms with Gasteiger partial charge in [0.05, 0.1) is 22.0 Å². The zero-order valence-corrected chi connectivity index (χ0v) is 23.2. The van der Waals surface area contributed by atoms with Crippen LogP contribution < -0.4 is 27.0 Å². The van der Waals surface area contributed by atoms with E-state index in [9.17, 15) is 26.6 Å². The molecule has 9 N–H and O–H groups in total. The lowest BCUT2D eigenvalue weighted by Gasteiger charge is -2.21. The molecule has 0 unspecified atom stereocenters. The van der Waals surface area contributed by atoms with Crippen LogP contribution in [0.4, 0.5) is 28.8 Å². The number of hydrogen-bond donors (Lipinski definition) is 7. The monoisotopic (exact) mass is 588 g/mol. The smallest absolute Gasteiger partial charge is 0.296 e. The van der Waals surface area contributed by atoms with E-state index in [0.717, 1.165) is 31.3 Å². The summed E-state index contributed by atoms with van der Waals surface area (Å²) in [6.45, 7) is 7.52. The molecule has 1 aromatic heterocycles. The summed E-state index contributed by atoms with van der Waals surface area (Å²) >= 11 is 0. The quantitative estimate of drug-likeness (QED) is 0.112. The molecule has 3 aromatic rings. The Balaban J connectivity index is 0.000000293. The minimum atomic E-state index is -4.50. The van der Waals surface area contributed by atoms with E-state index in [1.807, 2.05) is 31.7 Å². The van der Waals surface area contributed by atoms with Gasteiger partial charge in [-0.2, -0.15) is 21.8 Å². The Labute approximate surface area is 221 Å². The Morgan fingerprint density at radius 3 is 2.08 bits per heavy atom. The number of nitrogens with zero attached hydrogens (tertiary/aromatic N) is 3. The lowest BCUT2D eigenvalue weighted by molar-refractivity contribution is 0.479. The van der Waals surface area contributed by atoms with Gasteiger partial charge in [0.1, 0.15) is 4.90 Å². The van der Waals surface area contributed by atoms with Crippen molar-refractivity contribution in [3.8, 4) is 0 Å². The van der Waals surface area contributed by atoms with Crippen molar-refractivity contribution in [1.29, 1.82) is 0 Å². The summed E-state index contributed by atoms with van der Waals surface area (Å²) in [5.41, 5.74) is 12.7. The van der Waals surface area contributed by atoms with Crippen molar-refractivity contribution in [2.45, 2.75) is 30.6 Å². The van der Waals surface area contributed by atoms with E-state index in [1.165, 1.54) is 0 Å². The number of nitrogens with two attached hydrogens (primary N) is 2. The number of benzene rings is 2. The van der Waals surface area contributed by atoms with Crippen molar-refractivity contribution in [2.24, 2.45) is 0 Å². The van der Waals surface area contributed by atoms with Gasteiger partial charge < -0.3 is 31.5 Å². The van der Waals surface area contributed by atoms with Gasteiger partial charge in [0.25, 0.3) is 20.2 Å². The molecular weight excluding hydrogens is 559 g/mol. The molecule has 0 aliphatic heterocycles. The lowest BCUT2D eigenvalue weighted by atomic mass is 10.3. The van der Waals surface area contributed by atoms with Crippen LogP contribution in [0.1, 0.15) is 19.5 Å². The summed E-state index contributed by atoms with van der Waals surface area (Å²) in [5, 5.41) is 3.59. The maximum Gasteiger partial charge on any atom is 0.296 e. The molecule has 0 amide bonds. The van der Waals surface area contributed by atoms with E-state index < -0.39 is 44.1 Å². The average Bonchev–Trinajstić information content (AvgIpc) is 2.82. The molecule has 0 saturated carbocycles. The van der Waals surface area contributed by atoms with Crippen LogP contribution in [0, 0.1) is 6.92 Å². The first-order valence-corrected chi connectivity index (χ1v) is 15.0. The third kappa shape index (κ3) is 8.19. The van der Waals surface area contributed by atoms with E-state index in [2.05, 4.69) is 15.3 Å². The molecule has 0 atom stereocenters. The molecule has 0 aliphatic carbocycles. The van der Waals surface area contributed by atoms with Gasteiger partial charge in [-0.15, -0.1) is 0 Å². The predicted octanol–water partition coefficient (Wildman–Crippen LogP) is 1.64. The van der Waals surface area contributed by atoms with E-state index in [4.69, 9.17) is 20.6 Å². The van der Waals surface area contributed by atoms with Gasteiger partial charge in [-0.3, -0.25) is 9.11 Å². The summed E-state index contributed by atoms with van der Waals surface area (Å²) in [4.78, 5) is 28.5. The molecule has 0 fully saturated rings. The normalized spacial score (nSPS) is 11.6. The number of anilines is 5. The van der Waals surface area contributed by atoms with Crippen LogP contribution in [-0.4, -0.2) is 58.8 Å². The second-order valence-electron chi connectivity index (χ2n) is 7.66. The third-order valence-corrected chi connectivity index (χ3v) is 7.58. The van der Waals surface area contributed by atoms with E-state index >= 15 is 0 Å². The van der Waals surface area contributed by atoms with Gasteiger partial charge in [0.15, 0.2) is 14.2 Å². The SMILES string of the molecule is CCN(CC)c1nc(C)c(N)c(Nc2cccc(P(O)O)c2)n1.Nc1cc(S(=O)(=O)O)ccc1S(=O)(=O)O. The van der Waals surface area contributed by atoms with Crippen LogP contribution >= 0.6 is 8.38 Å². The summed E-state index contributed by atoms with van der Waals surface area (Å²) in [6, 6.07) is 9.22. The molecule has 0 spiro atoms. The maximum atomic E-state index is 10.7. The van der Waals surface area contributed by atoms with E-state index in [0.29, 0.717) is 34.1 Å². The van der Waals surface area contributed by atoms with Gasteiger partial charge in [-0.1, -0.05) is 6.07 Å². The molecule has 38 heavy (non-hydrogen) atoms. The summed E-state index contributed by atoms with van der Waals surface area (Å²) < 4.78 is 59.9. The van der Waals surface area contributed by atoms with Gasteiger partial charge >= 0.3 is 0 Å². The Morgan fingerprint density at radius 2 is 1.58 bits per heavy atom. The lowest BCUT2D eigenvalue weighted by Crippen LogP contribution is -2.25. The Bertz CT molecular complexity index is 1500. The highest BCUT2D eigenvalue weighted by Crippen LogP contribution is 2.28.